The van der Waals surface area contributed by atoms with Gasteiger partial charge in [0.2, 0.25) is 5.91 Å². The molecule has 2 rings (SSSR count). The van der Waals surface area contributed by atoms with E-state index in [1.807, 2.05) is 0 Å². The first kappa shape index (κ1) is 15.6. The summed E-state index contributed by atoms with van der Waals surface area (Å²) in [6.45, 7) is 0. The quantitative estimate of drug-likeness (QED) is 0.531. The van der Waals surface area contributed by atoms with Crippen LogP contribution in [-0.2, 0) is 4.79 Å². The van der Waals surface area contributed by atoms with E-state index in [2.05, 4.69) is 10.3 Å². The predicted molar refractivity (Wildman–Crippen MR) is 80.0 cm³/mol. The summed E-state index contributed by atoms with van der Waals surface area (Å²) < 4.78 is 13.5. The number of nitrogens with one attached hydrogen (secondary N) is 1. The maximum Gasteiger partial charge on any atom is 0.287 e. The highest BCUT2D eigenvalue weighted by Crippen LogP contribution is 2.20. The molecular weight excluding hydrogens is 313 g/mol. The van der Waals surface area contributed by atoms with Crippen LogP contribution in [0.1, 0.15) is 5.56 Å². The molecule has 0 spiro atoms. The molecule has 22 heavy (non-hydrogen) atoms. The molecule has 0 aliphatic carbocycles. The smallest absolute Gasteiger partial charge is 0.287 e. The van der Waals surface area contributed by atoms with Crippen molar-refractivity contribution in [3.8, 4) is 0 Å². The second kappa shape index (κ2) is 6.77. The largest absolute Gasteiger partial charge is 0.307 e. The number of pyridine rings is 1. The second-order valence-corrected chi connectivity index (χ2v) is 4.52. The van der Waals surface area contributed by atoms with Crippen LogP contribution in [0, 0.1) is 15.9 Å². The van der Waals surface area contributed by atoms with Crippen molar-refractivity contribution in [2.45, 2.75) is 0 Å². The number of nitrogens with zero attached hydrogens (tertiary/aromatic N) is 2. The molecular formula is C14H9ClFN3O3. The lowest BCUT2D eigenvalue weighted by Crippen LogP contribution is -2.09. The third kappa shape index (κ3) is 3.86. The zero-order valence-corrected chi connectivity index (χ0v) is 11.7. The molecule has 2 aromatic rings. The summed E-state index contributed by atoms with van der Waals surface area (Å²) in [7, 11) is 0. The number of nitro groups is 1. The van der Waals surface area contributed by atoms with Gasteiger partial charge < -0.3 is 5.32 Å². The predicted octanol–water partition coefficient (Wildman–Crippen LogP) is 3.43. The number of hydrogen-bond donors (Lipinski definition) is 1. The van der Waals surface area contributed by atoms with Gasteiger partial charge in [0.25, 0.3) is 5.69 Å². The van der Waals surface area contributed by atoms with Gasteiger partial charge in [-0.2, -0.15) is 0 Å². The van der Waals surface area contributed by atoms with Gasteiger partial charge in [-0.15, -0.1) is 0 Å². The van der Waals surface area contributed by atoms with Crippen molar-refractivity contribution in [1.29, 1.82) is 0 Å². The molecule has 0 saturated heterocycles. The van der Waals surface area contributed by atoms with E-state index < -0.39 is 16.6 Å². The van der Waals surface area contributed by atoms with Gasteiger partial charge in [0.05, 0.1) is 9.95 Å². The van der Waals surface area contributed by atoms with E-state index in [-0.39, 0.29) is 22.1 Å². The first-order valence-corrected chi connectivity index (χ1v) is 6.38. The van der Waals surface area contributed by atoms with E-state index in [0.717, 1.165) is 12.3 Å². The molecule has 0 atom stereocenters. The summed E-state index contributed by atoms with van der Waals surface area (Å²) in [5, 5.41) is 13.0. The zero-order chi connectivity index (χ0) is 16.1. The fraction of sp³-hybridized carbons (Fsp3) is 0. The highest BCUT2D eigenvalue weighted by atomic mass is 35.5. The zero-order valence-electron chi connectivity index (χ0n) is 11.0. The molecule has 0 bridgehead atoms. The maximum atomic E-state index is 13.5. The Bertz CT molecular complexity index is 727. The molecule has 0 radical (unpaired) electrons. The van der Waals surface area contributed by atoms with Gasteiger partial charge in [-0.1, -0.05) is 17.7 Å². The molecule has 1 amide bonds. The average Bonchev–Trinajstić information content (AvgIpc) is 2.47. The minimum atomic E-state index is -0.599. The number of amides is 1. The molecule has 1 N–H and O–H groups in total. The highest BCUT2D eigenvalue weighted by molar-refractivity contribution is 6.32. The maximum absolute atomic E-state index is 13.5. The summed E-state index contributed by atoms with van der Waals surface area (Å²) >= 11 is 5.82. The lowest BCUT2D eigenvalue weighted by Gasteiger charge is -2.01. The number of benzene rings is 1. The summed E-state index contributed by atoms with van der Waals surface area (Å²) in [5.41, 5.74) is -0.0948. The number of carbonyl (C=O) groups is 1. The standard InChI is InChI=1S/C14H9ClFN3O3/c15-11-2-1-3-12(16)10(11)5-7-14(20)18-13-6-4-9(8-17-13)19(21)22/h1-8H,(H,17,18,20). The van der Waals surface area contributed by atoms with E-state index in [4.69, 9.17) is 11.6 Å². The Morgan fingerprint density at radius 1 is 1.36 bits per heavy atom. The number of halogens is 2. The van der Waals surface area contributed by atoms with Crippen molar-refractivity contribution >= 4 is 35.1 Å². The molecule has 0 aliphatic rings. The van der Waals surface area contributed by atoms with Crippen molar-refractivity contribution in [2.24, 2.45) is 0 Å². The Morgan fingerprint density at radius 2 is 2.14 bits per heavy atom. The Morgan fingerprint density at radius 3 is 2.73 bits per heavy atom. The molecule has 112 valence electrons. The van der Waals surface area contributed by atoms with E-state index in [0.29, 0.717) is 0 Å². The number of hydrogen-bond acceptors (Lipinski definition) is 4. The van der Waals surface area contributed by atoms with Crippen LogP contribution in [0.2, 0.25) is 5.02 Å². The number of rotatable bonds is 4. The fourth-order valence-electron chi connectivity index (χ4n) is 1.56. The minimum Gasteiger partial charge on any atom is -0.307 e. The van der Waals surface area contributed by atoms with Gasteiger partial charge in [-0.05, 0) is 24.3 Å². The monoisotopic (exact) mass is 321 g/mol. The molecule has 1 heterocycles. The topological polar surface area (TPSA) is 85.1 Å². The van der Waals surface area contributed by atoms with Crippen LogP contribution in [0.3, 0.4) is 0 Å². The van der Waals surface area contributed by atoms with Gasteiger partial charge in [-0.25, -0.2) is 9.37 Å². The van der Waals surface area contributed by atoms with Crippen LogP contribution < -0.4 is 5.32 Å². The summed E-state index contributed by atoms with van der Waals surface area (Å²) in [6.07, 6.45) is 3.35. The lowest BCUT2D eigenvalue weighted by molar-refractivity contribution is -0.385. The van der Waals surface area contributed by atoms with Crippen LogP contribution in [0.4, 0.5) is 15.9 Å². The van der Waals surface area contributed by atoms with E-state index >= 15 is 0 Å². The third-order valence-electron chi connectivity index (χ3n) is 2.61. The van der Waals surface area contributed by atoms with Crippen LogP contribution in [-0.4, -0.2) is 15.8 Å². The molecule has 0 saturated carbocycles. The highest BCUT2D eigenvalue weighted by Gasteiger charge is 2.07. The Balaban J connectivity index is 2.06. The van der Waals surface area contributed by atoms with Crippen molar-refractivity contribution in [3.05, 3.63) is 69.1 Å². The normalized spacial score (nSPS) is 10.6. The van der Waals surface area contributed by atoms with Crippen LogP contribution in [0.5, 0.6) is 0 Å². The molecule has 6 nitrogen and oxygen atoms in total. The molecule has 0 fully saturated rings. The second-order valence-electron chi connectivity index (χ2n) is 4.12. The van der Waals surface area contributed by atoms with Crippen molar-refractivity contribution in [1.82, 2.24) is 4.98 Å². The summed E-state index contributed by atoms with van der Waals surface area (Å²) in [4.78, 5) is 25.3. The van der Waals surface area contributed by atoms with Gasteiger partial charge in [-0.3, -0.25) is 14.9 Å². The Labute approximate surface area is 129 Å². The first-order chi connectivity index (χ1) is 10.5. The van der Waals surface area contributed by atoms with Crippen LogP contribution in [0.15, 0.2) is 42.6 Å². The average molecular weight is 322 g/mol. The Hall–Kier alpha value is -2.80. The summed E-state index contributed by atoms with van der Waals surface area (Å²) in [5.74, 6) is -0.981. The van der Waals surface area contributed by atoms with Gasteiger partial charge in [0.1, 0.15) is 17.8 Å². The minimum absolute atomic E-state index is 0.0935. The van der Waals surface area contributed by atoms with Crippen molar-refractivity contribution in [2.75, 3.05) is 5.32 Å². The molecule has 8 heteroatoms. The van der Waals surface area contributed by atoms with Gasteiger partial charge in [0, 0.05) is 17.7 Å². The van der Waals surface area contributed by atoms with Crippen LogP contribution in [0.25, 0.3) is 6.08 Å². The lowest BCUT2D eigenvalue weighted by atomic mass is 10.2. The fourth-order valence-corrected chi connectivity index (χ4v) is 1.79. The van der Waals surface area contributed by atoms with Gasteiger partial charge in [0.15, 0.2) is 0 Å². The number of anilines is 1. The molecule has 1 aromatic carbocycles. The van der Waals surface area contributed by atoms with Crippen molar-refractivity contribution in [3.63, 3.8) is 0 Å². The van der Waals surface area contributed by atoms with Crippen molar-refractivity contribution < 1.29 is 14.1 Å². The number of carbonyl (C=O) groups excluding carboxylic acids is 1. The Kier molecular flexibility index (Phi) is 4.80. The molecule has 1 aromatic heterocycles. The van der Waals surface area contributed by atoms with Crippen LogP contribution >= 0.6 is 11.6 Å². The molecule has 0 aliphatic heterocycles. The van der Waals surface area contributed by atoms with E-state index in [1.165, 1.54) is 36.4 Å². The first-order valence-electron chi connectivity index (χ1n) is 6.01. The molecule has 0 unspecified atom stereocenters. The SMILES string of the molecule is O=C(C=Cc1c(F)cccc1Cl)Nc1ccc([N+](=O)[O-])cn1. The number of aromatic nitrogens is 1. The van der Waals surface area contributed by atoms with Gasteiger partial charge >= 0.3 is 0 Å². The summed E-state index contributed by atoms with van der Waals surface area (Å²) in [6, 6.07) is 6.68. The van der Waals surface area contributed by atoms with E-state index in [1.54, 1.807) is 0 Å². The third-order valence-corrected chi connectivity index (χ3v) is 2.94. The van der Waals surface area contributed by atoms with E-state index in [9.17, 15) is 19.3 Å².